The normalized spacial score (nSPS) is 16.2. The van der Waals surface area contributed by atoms with Gasteiger partial charge in [-0.15, -0.1) is 0 Å². The van der Waals surface area contributed by atoms with Gasteiger partial charge in [0.1, 0.15) is 0 Å². The van der Waals surface area contributed by atoms with Crippen molar-refractivity contribution in [2.24, 2.45) is 0 Å². The number of carbonyl (C=O) groups excluding carboxylic acids is 1. The first-order valence-electron chi connectivity index (χ1n) is 9.50. The molecule has 0 spiro atoms. The predicted octanol–water partition coefficient (Wildman–Crippen LogP) is 1.51. The fraction of sp³-hybridized carbons (Fsp3) is 0.381. The molecule has 0 unspecified atom stereocenters. The van der Waals surface area contributed by atoms with Gasteiger partial charge >= 0.3 is 0 Å². The summed E-state index contributed by atoms with van der Waals surface area (Å²) in [4.78, 5) is 15.1. The van der Waals surface area contributed by atoms with Crippen LogP contribution >= 0.6 is 0 Å². The van der Waals surface area contributed by atoms with Crippen LogP contribution in [0, 0.1) is 0 Å². The van der Waals surface area contributed by atoms with Crippen LogP contribution in [0.1, 0.15) is 17.0 Å². The van der Waals surface area contributed by atoms with Crippen LogP contribution < -0.4 is 5.32 Å². The van der Waals surface area contributed by atoms with Crippen LogP contribution in [0.4, 0.5) is 0 Å². The van der Waals surface area contributed by atoms with E-state index in [0.29, 0.717) is 39.3 Å². The Bertz CT molecular complexity index is 825. The number of hydrogen-bond donors (Lipinski definition) is 1. The number of nitrogens with one attached hydrogen (secondary N) is 1. The lowest BCUT2D eigenvalue weighted by atomic mass is 9.90. The van der Waals surface area contributed by atoms with E-state index in [-0.39, 0.29) is 11.8 Å². The molecule has 1 fully saturated rings. The molecule has 0 bridgehead atoms. The van der Waals surface area contributed by atoms with E-state index in [0.717, 1.165) is 11.1 Å². The minimum absolute atomic E-state index is 0.0211. The van der Waals surface area contributed by atoms with Gasteiger partial charge in [0.2, 0.25) is 15.9 Å². The molecule has 0 radical (unpaired) electrons. The van der Waals surface area contributed by atoms with E-state index >= 15 is 0 Å². The van der Waals surface area contributed by atoms with Crippen molar-refractivity contribution in [3.05, 3.63) is 71.8 Å². The highest BCUT2D eigenvalue weighted by molar-refractivity contribution is 7.88. The molecule has 1 saturated heterocycles. The molecule has 0 aromatic heterocycles. The van der Waals surface area contributed by atoms with Crippen molar-refractivity contribution in [3.63, 3.8) is 0 Å². The lowest BCUT2D eigenvalue weighted by Gasteiger charge is -2.33. The zero-order valence-electron chi connectivity index (χ0n) is 16.1. The molecule has 1 aliphatic rings. The molecule has 1 aliphatic heterocycles. The molecule has 0 atom stereocenters. The van der Waals surface area contributed by atoms with E-state index in [1.807, 2.05) is 60.7 Å². The molecular weight excluding hydrogens is 374 g/mol. The molecule has 1 heterocycles. The second-order valence-corrected chi connectivity index (χ2v) is 9.03. The molecule has 0 aliphatic carbocycles. The molecule has 2 aromatic carbocycles. The van der Waals surface area contributed by atoms with Crippen LogP contribution in [-0.4, -0.2) is 69.1 Å². The summed E-state index contributed by atoms with van der Waals surface area (Å²) in [5.41, 5.74) is 1.93. The van der Waals surface area contributed by atoms with Crippen LogP contribution in [0.15, 0.2) is 60.7 Å². The minimum atomic E-state index is -3.12. The van der Waals surface area contributed by atoms with E-state index in [2.05, 4.69) is 10.2 Å². The van der Waals surface area contributed by atoms with Gasteiger partial charge in [-0.05, 0) is 11.1 Å². The number of piperazine rings is 1. The van der Waals surface area contributed by atoms with Crippen LogP contribution in [0.25, 0.3) is 0 Å². The first-order valence-corrected chi connectivity index (χ1v) is 11.3. The third kappa shape index (κ3) is 5.41. The second-order valence-electron chi connectivity index (χ2n) is 7.05. The predicted molar refractivity (Wildman–Crippen MR) is 111 cm³/mol. The van der Waals surface area contributed by atoms with E-state index in [1.165, 1.54) is 10.6 Å². The zero-order chi connectivity index (χ0) is 20.0. The van der Waals surface area contributed by atoms with Gasteiger partial charge in [-0.3, -0.25) is 9.69 Å². The topological polar surface area (TPSA) is 69.7 Å². The van der Waals surface area contributed by atoms with Crippen molar-refractivity contribution >= 4 is 15.9 Å². The largest absolute Gasteiger partial charge is 0.354 e. The van der Waals surface area contributed by atoms with Gasteiger partial charge in [-0.25, -0.2) is 8.42 Å². The number of hydrogen-bond acceptors (Lipinski definition) is 4. The number of rotatable bonds is 7. The Morgan fingerprint density at radius 2 is 1.43 bits per heavy atom. The van der Waals surface area contributed by atoms with Crippen LogP contribution in [-0.2, 0) is 14.8 Å². The van der Waals surface area contributed by atoms with Crippen LogP contribution in [0.5, 0.6) is 0 Å². The Morgan fingerprint density at radius 3 is 1.89 bits per heavy atom. The first kappa shape index (κ1) is 20.5. The molecule has 3 rings (SSSR count). The molecule has 7 heteroatoms. The standard InChI is InChI=1S/C21H27N3O3S/c1-28(26,27)24-16-14-23(15-17-24)13-12-22-21(25)20(18-8-4-2-5-9-18)19-10-6-3-7-11-19/h2-11,20H,12-17H2,1H3,(H,22,25). The monoisotopic (exact) mass is 401 g/mol. The second kappa shape index (κ2) is 9.32. The van der Waals surface area contributed by atoms with Gasteiger partial charge in [-0.2, -0.15) is 4.31 Å². The van der Waals surface area contributed by atoms with E-state index in [1.54, 1.807) is 0 Å². The fourth-order valence-corrected chi connectivity index (χ4v) is 4.34. The smallest absolute Gasteiger partial charge is 0.232 e. The molecule has 28 heavy (non-hydrogen) atoms. The average molecular weight is 402 g/mol. The van der Waals surface area contributed by atoms with E-state index in [9.17, 15) is 13.2 Å². The Balaban J connectivity index is 1.57. The number of nitrogens with zero attached hydrogens (tertiary/aromatic N) is 2. The summed E-state index contributed by atoms with van der Waals surface area (Å²) < 4.78 is 24.7. The van der Waals surface area contributed by atoms with Crippen molar-refractivity contribution in [3.8, 4) is 0 Å². The molecule has 6 nitrogen and oxygen atoms in total. The minimum Gasteiger partial charge on any atom is -0.354 e. The lowest BCUT2D eigenvalue weighted by Crippen LogP contribution is -2.50. The Morgan fingerprint density at radius 1 is 0.929 bits per heavy atom. The zero-order valence-corrected chi connectivity index (χ0v) is 16.9. The Kier molecular flexibility index (Phi) is 6.83. The third-order valence-corrected chi connectivity index (χ3v) is 6.36. The van der Waals surface area contributed by atoms with Crippen molar-refractivity contribution in [2.75, 3.05) is 45.5 Å². The van der Waals surface area contributed by atoms with Crippen molar-refractivity contribution in [1.82, 2.24) is 14.5 Å². The lowest BCUT2D eigenvalue weighted by molar-refractivity contribution is -0.121. The summed E-state index contributed by atoms with van der Waals surface area (Å²) in [6.45, 7) is 3.62. The molecule has 0 saturated carbocycles. The van der Waals surface area contributed by atoms with E-state index < -0.39 is 10.0 Å². The number of sulfonamides is 1. The summed E-state index contributed by atoms with van der Waals surface area (Å²) in [5, 5.41) is 3.06. The number of benzene rings is 2. The quantitative estimate of drug-likeness (QED) is 0.764. The molecule has 1 N–H and O–H groups in total. The Labute approximate surface area is 167 Å². The van der Waals surface area contributed by atoms with Gasteiger partial charge in [0, 0.05) is 39.3 Å². The van der Waals surface area contributed by atoms with Crippen molar-refractivity contribution in [2.45, 2.75) is 5.92 Å². The summed E-state index contributed by atoms with van der Waals surface area (Å²) in [6.07, 6.45) is 1.25. The van der Waals surface area contributed by atoms with E-state index in [4.69, 9.17) is 0 Å². The van der Waals surface area contributed by atoms with Gasteiger partial charge in [0.25, 0.3) is 0 Å². The SMILES string of the molecule is CS(=O)(=O)N1CCN(CCNC(=O)C(c2ccccc2)c2ccccc2)CC1. The maximum absolute atomic E-state index is 13.0. The summed E-state index contributed by atoms with van der Waals surface area (Å²) >= 11 is 0. The highest BCUT2D eigenvalue weighted by Gasteiger charge is 2.24. The van der Waals surface area contributed by atoms with Crippen LogP contribution in [0.3, 0.4) is 0 Å². The molecular formula is C21H27N3O3S. The highest BCUT2D eigenvalue weighted by atomic mass is 32.2. The van der Waals surface area contributed by atoms with Gasteiger partial charge in [-0.1, -0.05) is 60.7 Å². The maximum atomic E-state index is 13.0. The number of amides is 1. The number of carbonyl (C=O) groups is 1. The fourth-order valence-electron chi connectivity index (χ4n) is 3.51. The summed E-state index contributed by atoms with van der Waals surface area (Å²) in [5.74, 6) is -0.364. The van der Waals surface area contributed by atoms with Gasteiger partial charge in [0.15, 0.2) is 0 Å². The summed E-state index contributed by atoms with van der Waals surface area (Å²) in [7, 11) is -3.12. The molecule has 1 amide bonds. The molecule has 150 valence electrons. The maximum Gasteiger partial charge on any atom is 0.232 e. The third-order valence-electron chi connectivity index (χ3n) is 5.06. The van der Waals surface area contributed by atoms with Crippen molar-refractivity contribution in [1.29, 1.82) is 0 Å². The highest BCUT2D eigenvalue weighted by Crippen LogP contribution is 2.24. The average Bonchev–Trinajstić information content (AvgIpc) is 2.70. The van der Waals surface area contributed by atoms with Gasteiger partial charge < -0.3 is 5.32 Å². The first-order chi connectivity index (χ1) is 13.4. The van der Waals surface area contributed by atoms with Crippen LogP contribution in [0.2, 0.25) is 0 Å². The Hall–Kier alpha value is -2.22. The van der Waals surface area contributed by atoms with Gasteiger partial charge in [0.05, 0.1) is 12.2 Å². The summed E-state index contributed by atoms with van der Waals surface area (Å²) in [6, 6.07) is 19.6. The van der Waals surface area contributed by atoms with Crippen molar-refractivity contribution < 1.29 is 13.2 Å². The molecule has 2 aromatic rings.